The van der Waals surface area contributed by atoms with Gasteiger partial charge >= 0.3 is 5.97 Å². The van der Waals surface area contributed by atoms with Gasteiger partial charge in [-0.1, -0.05) is 24.9 Å². The van der Waals surface area contributed by atoms with Crippen molar-refractivity contribution >= 4 is 34.2 Å². The predicted molar refractivity (Wildman–Crippen MR) is 98.0 cm³/mol. The first-order valence-electron chi connectivity index (χ1n) is 8.27. The number of aromatic nitrogens is 1. The fourth-order valence-corrected chi connectivity index (χ4v) is 2.76. The number of nitrogens with zero attached hydrogens (tertiary/aromatic N) is 1. The minimum absolute atomic E-state index is 0.0291. The third kappa shape index (κ3) is 4.35. The highest BCUT2D eigenvalue weighted by atomic mass is 35.5. The Bertz CT molecular complexity index is 838. The van der Waals surface area contributed by atoms with E-state index in [2.05, 4.69) is 10.3 Å². The highest BCUT2D eigenvalue weighted by Crippen LogP contribution is 2.34. The minimum atomic E-state index is -1.15. The molecule has 0 fully saturated rings. The molecule has 140 valence electrons. The van der Waals surface area contributed by atoms with E-state index in [4.69, 9.17) is 16.3 Å². The van der Waals surface area contributed by atoms with Crippen molar-refractivity contribution in [3.05, 3.63) is 29.0 Å². The summed E-state index contributed by atoms with van der Waals surface area (Å²) < 4.78 is 5.59. The van der Waals surface area contributed by atoms with Crippen molar-refractivity contribution < 1.29 is 24.5 Å². The van der Waals surface area contributed by atoms with Gasteiger partial charge in [-0.25, -0.2) is 9.78 Å². The van der Waals surface area contributed by atoms with Crippen LogP contribution in [0.2, 0.25) is 5.15 Å². The molecule has 3 N–H and O–H groups in total. The number of nitrogens with one attached hydrogen (secondary N) is 1. The molecule has 0 aliphatic rings. The molecule has 0 spiro atoms. The summed E-state index contributed by atoms with van der Waals surface area (Å²) in [4.78, 5) is 27.6. The molecule has 0 radical (unpaired) electrons. The maximum atomic E-state index is 12.4. The van der Waals surface area contributed by atoms with Crippen LogP contribution in [-0.2, 0) is 4.79 Å². The molecule has 2 aromatic rings. The van der Waals surface area contributed by atoms with E-state index < -0.39 is 17.9 Å². The summed E-state index contributed by atoms with van der Waals surface area (Å²) >= 11 is 6.14. The molecule has 1 amide bonds. The number of carbonyl (C=O) groups is 2. The molecule has 8 heteroatoms. The van der Waals surface area contributed by atoms with Gasteiger partial charge in [0.15, 0.2) is 11.4 Å². The number of hydrogen-bond acceptors (Lipinski definition) is 5. The lowest BCUT2D eigenvalue weighted by molar-refractivity contribution is -0.139. The number of halogens is 1. The highest BCUT2D eigenvalue weighted by Gasteiger charge is 2.24. The Hall–Kier alpha value is -2.54. The molecule has 0 aliphatic heterocycles. The monoisotopic (exact) mass is 380 g/mol. The second kappa shape index (κ2) is 8.23. The van der Waals surface area contributed by atoms with Gasteiger partial charge in [-0.3, -0.25) is 4.79 Å². The van der Waals surface area contributed by atoms with Crippen molar-refractivity contribution in [3.63, 3.8) is 0 Å². The SMILES string of the molecule is CCC[C@H](NC(=O)c1nc(Cl)c2ccc(OC(C)C)cc2c1O)C(=O)O. The van der Waals surface area contributed by atoms with Gasteiger partial charge in [-0.05, 0) is 38.5 Å². The smallest absolute Gasteiger partial charge is 0.326 e. The Kier molecular flexibility index (Phi) is 6.26. The van der Waals surface area contributed by atoms with E-state index >= 15 is 0 Å². The predicted octanol–water partition coefficient (Wildman–Crippen LogP) is 3.36. The number of hydrogen-bond donors (Lipinski definition) is 3. The number of carboxylic acids is 1. The number of amides is 1. The zero-order chi connectivity index (χ0) is 19.4. The van der Waals surface area contributed by atoms with Gasteiger partial charge in [0.2, 0.25) is 0 Å². The standard InChI is InChI=1S/C18H21ClN2O5/c1-4-5-13(18(24)25)20-17(23)14-15(22)12-8-10(26-9(2)3)6-7-11(12)16(19)21-14/h6-9,13,22H,4-5H2,1-3H3,(H,20,23)(H,24,25)/t13-/m0/s1. The largest absolute Gasteiger partial charge is 0.505 e. The van der Waals surface area contributed by atoms with Crippen molar-refractivity contribution in [2.24, 2.45) is 0 Å². The molecule has 0 unspecified atom stereocenters. The third-order valence-corrected chi connectivity index (χ3v) is 3.96. The summed E-state index contributed by atoms with van der Waals surface area (Å²) in [5.74, 6) is -1.83. The molecule has 1 aromatic carbocycles. The molecule has 0 aliphatic carbocycles. The van der Waals surface area contributed by atoms with Crippen LogP contribution in [0.1, 0.15) is 44.1 Å². The fourth-order valence-electron chi connectivity index (χ4n) is 2.51. The number of pyridine rings is 1. The second-order valence-electron chi connectivity index (χ2n) is 6.13. The molecular formula is C18H21ClN2O5. The van der Waals surface area contributed by atoms with Crippen molar-refractivity contribution in [2.45, 2.75) is 45.8 Å². The van der Waals surface area contributed by atoms with Crippen LogP contribution >= 0.6 is 11.6 Å². The van der Waals surface area contributed by atoms with E-state index in [1.165, 1.54) is 0 Å². The molecular weight excluding hydrogens is 360 g/mol. The molecule has 1 atom stereocenters. The lowest BCUT2D eigenvalue weighted by Crippen LogP contribution is -2.41. The number of fused-ring (bicyclic) bond motifs is 1. The van der Waals surface area contributed by atoms with Gasteiger partial charge in [0.25, 0.3) is 5.91 Å². The molecule has 1 heterocycles. The van der Waals surface area contributed by atoms with E-state index in [-0.39, 0.29) is 29.1 Å². The van der Waals surface area contributed by atoms with E-state index in [1.807, 2.05) is 13.8 Å². The average molecular weight is 381 g/mol. The van der Waals surface area contributed by atoms with E-state index in [9.17, 15) is 19.8 Å². The molecule has 0 saturated carbocycles. The molecule has 26 heavy (non-hydrogen) atoms. The first-order valence-corrected chi connectivity index (χ1v) is 8.64. The lowest BCUT2D eigenvalue weighted by Gasteiger charge is -2.15. The van der Waals surface area contributed by atoms with Crippen LogP contribution in [0.15, 0.2) is 18.2 Å². The zero-order valence-corrected chi connectivity index (χ0v) is 15.5. The summed E-state index contributed by atoms with van der Waals surface area (Å²) in [6.07, 6.45) is 0.764. The molecule has 0 saturated heterocycles. The summed E-state index contributed by atoms with van der Waals surface area (Å²) in [7, 11) is 0. The van der Waals surface area contributed by atoms with Gasteiger partial charge < -0.3 is 20.3 Å². The Morgan fingerprint density at radius 3 is 2.58 bits per heavy atom. The highest BCUT2D eigenvalue weighted by molar-refractivity contribution is 6.35. The van der Waals surface area contributed by atoms with Gasteiger partial charge in [0.1, 0.15) is 16.9 Å². The number of carboxylic acid groups (broad SMARTS) is 1. The lowest BCUT2D eigenvalue weighted by atomic mass is 10.1. The number of aliphatic carboxylic acids is 1. The van der Waals surface area contributed by atoms with Crippen molar-refractivity contribution in [2.75, 3.05) is 0 Å². The Morgan fingerprint density at radius 2 is 2.00 bits per heavy atom. The Labute approximate surface area is 155 Å². The Morgan fingerprint density at radius 1 is 1.31 bits per heavy atom. The minimum Gasteiger partial charge on any atom is -0.505 e. The van der Waals surface area contributed by atoms with Crippen molar-refractivity contribution in [1.82, 2.24) is 10.3 Å². The first kappa shape index (κ1) is 19.8. The molecule has 7 nitrogen and oxygen atoms in total. The van der Waals surface area contributed by atoms with Crippen molar-refractivity contribution in [1.29, 1.82) is 0 Å². The maximum absolute atomic E-state index is 12.4. The topological polar surface area (TPSA) is 109 Å². The van der Waals surface area contributed by atoms with Crippen LogP contribution in [0.5, 0.6) is 11.5 Å². The first-order chi connectivity index (χ1) is 12.2. The van der Waals surface area contributed by atoms with E-state index in [1.54, 1.807) is 25.1 Å². The van der Waals surface area contributed by atoms with Gasteiger partial charge in [0.05, 0.1) is 6.10 Å². The quantitative estimate of drug-likeness (QED) is 0.635. The van der Waals surface area contributed by atoms with Gasteiger partial charge in [-0.15, -0.1) is 0 Å². The Balaban J connectivity index is 2.45. The number of ether oxygens (including phenoxy) is 1. The number of carbonyl (C=O) groups excluding carboxylic acids is 1. The van der Waals surface area contributed by atoms with Crippen LogP contribution in [0.4, 0.5) is 0 Å². The summed E-state index contributed by atoms with van der Waals surface area (Å²) in [6, 6.07) is 3.83. The van der Waals surface area contributed by atoms with Crippen LogP contribution < -0.4 is 10.1 Å². The normalized spacial score (nSPS) is 12.2. The van der Waals surface area contributed by atoms with Crippen LogP contribution in [0.25, 0.3) is 10.8 Å². The van der Waals surface area contributed by atoms with Crippen LogP contribution in [0.3, 0.4) is 0 Å². The summed E-state index contributed by atoms with van der Waals surface area (Å²) in [5, 5.41) is 22.8. The van der Waals surface area contributed by atoms with Crippen LogP contribution in [0, 0.1) is 0 Å². The zero-order valence-electron chi connectivity index (χ0n) is 14.7. The molecule has 2 rings (SSSR count). The maximum Gasteiger partial charge on any atom is 0.326 e. The third-order valence-electron chi connectivity index (χ3n) is 3.67. The number of aromatic hydroxyl groups is 1. The van der Waals surface area contributed by atoms with Crippen molar-refractivity contribution in [3.8, 4) is 11.5 Å². The average Bonchev–Trinajstić information content (AvgIpc) is 2.56. The fraction of sp³-hybridized carbons (Fsp3) is 0.389. The molecule has 1 aromatic heterocycles. The van der Waals surface area contributed by atoms with Gasteiger partial charge in [-0.2, -0.15) is 0 Å². The second-order valence-corrected chi connectivity index (χ2v) is 6.48. The summed E-state index contributed by atoms with van der Waals surface area (Å²) in [6.45, 7) is 5.53. The number of benzene rings is 1. The van der Waals surface area contributed by atoms with E-state index in [0.717, 1.165) is 0 Å². The number of rotatable bonds is 7. The van der Waals surface area contributed by atoms with Crippen LogP contribution in [-0.4, -0.2) is 39.2 Å². The van der Waals surface area contributed by atoms with Gasteiger partial charge in [0, 0.05) is 10.8 Å². The summed E-state index contributed by atoms with van der Waals surface area (Å²) in [5.41, 5.74) is -0.327. The van der Waals surface area contributed by atoms with E-state index in [0.29, 0.717) is 22.9 Å². The molecule has 0 bridgehead atoms.